The number of aromatic nitrogens is 2. The van der Waals surface area contributed by atoms with E-state index in [1.165, 1.54) is 0 Å². The molecule has 0 spiro atoms. The summed E-state index contributed by atoms with van der Waals surface area (Å²) in [5.74, 6) is -1.17. The molecule has 2 heterocycles. The number of hydrogen-bond donors (Lipinski definition) is 1. The minimum absolute atomic E-state index is 0.255. The first-order valence-electron chi connectivity index (χ1n) is 4.93. The highest BCUT2D eigenvalue weighted by Crippen LogP contribution is 2.17. The smallest absolute Gasteiger partial charge is 0.393 e. The zero-order valence-corrected chi connectivity index (χ0v) is 8.18. The lowest BCUT2D eigenvalue weighted by atomic mass is 10.1. The van der Waals surface area contributed by atoms with E-state index in [2.05, 4.69) is 10.2 Å². The fourth-order valence-corrected chi connectivity index (χ4v) is 1.60. The van der Waals surface area contributed by atoms with Crippen molar-refractivity contribution >= 4 is 5.97 Å². The van der Waals surface area contributed by atoms with Crippen molar-refractivity contribution in [3.63, 3.8) is 0 Å². The molecule has 0 amide bonds. The van der Waals surface area contributed by atoms with Crippen LogP contribution in [0.1, 0.15) is 35.8 Å². The second-order valence-corrected chi connectivity index (χ2v) is 3.48. The molecule has 6 nitrogen and oxygen atoms in total. The van der Waals surface area contributed by atoms with Gasteiger partial charge in [-0.2, -0.15) is 0 Å². The lowest BCUT2D eigenvalue weighted by Gasteiger charge is -2.05. The van der Waals surface area contributed by atoms with Crippen molar-refractivity contribution in [1.29, 1.82) is 0 Å². The Hall–Kier alpha value is -1.43. The molecular formula is C9H12N2O4. The van der Waals surface area contributed by atoms with E-state index in [1.807, 2.05) is 0 Å². The number of hydrogen-bond acceptors (Lipinski definition) is 5. The first-order chi connectivity index (χ1) is 7.25. The van der Waals surface area contributed by atoms with Gasteiger partial charge < -0.3 is 14.3 Å². The van der Waals surface area contributed by atoms with E-state index in [0.29, 0.717) is 12.3 Å². The summed E-state index contributed by atoms with van der Waals surface area (Å²) in [6.45, 7) is 0.814. The summed E-state index contributed by atoms with van der Waals surface area (Å²) in [7, 11) is 0. The summed E-state index contributed by atoms with van der Waals surface area (Å²) < 4.78 is 10.4. The predicted molar refractivity (Wildman–Crippen MR) is 48.6 cm³/mol. The van der Waals surface area contributed by atoms with Crippen LogP contribution in [0.25, 0.3) is 0 Å². The van der Waals surface area contributed by atoms with Crippen LogP contribution in [-0.2, 0) is 11.2 Å². The molecule has 15 heavy (non-hydrogen) atoms. The molecule has 1 aliphatic heterocycles. The molecule has 2 rings (SSSR count). The van der Waals surface area contributed by atoms with Crippen LogP contribution >= 0.6 is 0 Å². The van der Waals surface area contributed by atoms with E-state index >= 15 is 0 Å². The number of nitrogens with zero attached hydrogens (tertiary/aromatic N) is 2. The maximum atomic E-state index is 10.5. The van der Waals surface area contributed by atoms with Gasteiger partial charge in [0.15, 0.2) is 0 Å². The molecule has 0 radical (unpaired) electrons. The van der Waals surface area contributed by atoms with Gasteiger partial charge in [-0.3, -0.25) is 0 Å². The Kier molecular flexibility index (Phi) is 2.96. The van der Waals surface area contributed by atoms with Crippen LogP contribution in [0.15, 0.2) is 4.42 Å². The van der Waals surface area contributed by atoms with Crippen molar-refractivity contribution in [2.45, 2.75) is 31.8 Å². The Bertz CT molecular complexity index is 344. The molecule has 1 aliphatic rings. The van der Waals surface area contributed by atoms with Gasteiger partial charge >= 0.3 is 11.9 Å². The molecule has 1 atom stereocenters. The van der Waals surface area contributed by atoms with Gasteiger partial charge in [0.05, 0.1) is 6.10 Å². The summed E-state index contributed by atoms with van der Waals surface area (Å²) in [6, 6.07) is 0. The standard InChI is InChI=1S/C9H12N2O4/c12-9(13)8-11-10-7(15-8)4-3-6-2-1-5-14-6/h6H,1-5H2,(H,12,13). The third-order valence-electron chi connectivity index (χ3n) is 2.35. The van der Waals surface area contributed by atoms with Crippen LogP contribution in [0.4, 0.5) is 0 Å². The van der Waals surface area contributed by atoms with E-state index in [1.54, 1.807) is 0 Å². The van der Waals surface area contributed by atoms with Crippen LogP contribution in [0.3, 0.4) is 0 Å². The lowest BCUT2D eigenvalue weighted by Crippen LogP contribution is -2.06. The number of aromatic carboxylic acids is 1. The van der Waals surface area contributed by atoms with Gasteiger partial charge in [-0.05, 0) is 19.3 Å². The van der Waals surface area contributed by atoms with Crippen molar-refractivity contribution in [2.24, 2.45) is 0 Å². The summed E-state index contributed by atoms with van der Waals surface area (Å²) in [5.41, 5.74) is 0. The maximum Gasteiger partial charge on any atom is 0.393 e. The first kappa shape index (κ1) is 10.1. The van der Waals surface area contributed by atoms with E-state index in [9.17, 15) is 4.79 Å². The fourth-order valence-electron chi connectivity index (χ4n) is 1.60. The third kappa shape index (κ3) is 2.53. The molecule has 1 aromatic heterocycles. The van der Waals surface area contributed by atoms with Gasteiger partial charge in [0.1, 0.15) is 0 Å². The fraction of sp³-hybridized carbons (Fsp3) is 0.667. The Morgan fingerprint density at radius 1 is 1.53 bits per heavy atom. The van der Waals surface area contributed by atoms with Crippen LogP contribution in [-0.4, -0.2) is 34.0 Å². The van der Waals surface area contributed by atoms with Crippen LogP contribution in [0, 0.1) is 0 Å². The number of carboxylic acid groups (broad SMARTS) is 1. The molecule has 1 saturated heterocycles. The number of aryl methyl sites for hydroxylation is 1. The average molecular weight is 212 g/mol. The van der Waals surface area contributed by atoms with Gasteiger partial charge in [0.25, 0.3) is 0 Å². The zero-order valence-electron chi connectivity index (χ0n) is 8.18. The second-order valence-electron chi connectivity index (χ2n) is 3.48. The van der Waals surface area contributed by atoms with Crippen LogP contribution in [0.2, 0.25) is 0 Å². The quantitative estimate of drug-likeness (QED) is 0.797. The molecular weight excluding hydrogens is 200 g/mol. The normalized spacial score (nSPS) is 20.7. The largest absolute Gasteiger partial charge is 0.474 e. The van der Waals surface area contributed by atoms with Gasteiger partial charge in [-0.15, -0.1) is 10.2 Å². The first-order valence-corrected chi connectivity index (χ1v) is 4.93. The highest BCUT2D eigenvalue weighted by molar-refractivity contribution is 5.81. The Balaban J connectivity index is 1.84. The average Bonchev–Trinajstić information content (AvgIpc) is 2.86. The maximum absolute atomic E-state index is 10.5. The van der Waals surface area contributed by atoms with E-state index < -0.39 is 5.97 Å². The van der Waals surface area contributed by atoms with Crippen molar-refractivity contribution < 1.29 is 19.1 Å². The molecule has 1 aromatic rings. The number of rotatable bonds is 4. The van der Waals surface area contributed by atoms with Crippen molar-refractivity contribution in [3.05, 3.63) is 11.8 Å². The second kappa shape index (κ2) is 4.39. The summed E-state index contributed by atoms with van der Waals surface area (Å²) >= 11 is 0. The molecule has 82 valence electrons. The monoisotopic (exact) mass is 212 g/mol. The van der Waals surface area contributed by atoms with E-state index in [-0.39, 0.29) is 12.0 Å². The van der Waals surface area contributed by atoms with Crippen molar-refractivity contribution in [1.82, 2.24) is 10.2 Å². The topological polar surface area (TPSA) is 85.5 Å². The minimum atomic E-state index is -1.19. The van der Waals surface area contributed by atoms with Crippen LogP contribution in [0.5, 0.6) is 0 Å². The number of ether oxygens (including phenoxy) is 1. The predicted octanol–water partition coefficient (Wildman–Crippen LogP) is 0.879. The SMILES string of the molecule is O=C(O)c1nnc(CCC2CCCO2)o1. The molecule has 1 unspecified atom stereocenters. The lowest BCUT2D eigenvalue weighted by molar-refractivity contribution is 0.0650. The van der Waals surface area contributed by atoms with Crippen molar-refractivity contribution in [3.8, 4) is 0 Å². The summed E-state index contributed by atoms with van der Waals surface area (Å²) in [4.78, 5) is 10.5. The zero-order chi connectivity index (χ0) is 10.7. The highest BCUT2D eigenvalue weighted by Gasteiger charge is 2.18. The summed E-state index contributed by atoms with van der Waals surface area (Å²) in [6.07, 6.45) is 3.78. The third-order valence-corrected chi connectivity index (χ3v) is 2.35. The molecule has 1 fully saturated rings. The molecule has 1 N–H and O–H groups in total. The Labute approximate surface area is 86.3 Å². The summed E-state index contributed by atoms with van der Waals surface area (Å²) in [5, 5.41) is 15.6. The van der Waals surface area contributed by atoms with E-state index in [4.69, 9.17) is 14.3 Å². The Morgan fingerprint density at radius 3 is 3.00 bits per heavy atom. The molecule has 6 heteroatoms. The molecule has 0 saturated carbocycles. The van der Waals surface area contributed by atoms with Crippen molar-refractivity contribution in [2.75, 3.05) is 6.61 Å². The van der Waals surface area contributed by atoms with Gasteiger partial charge in [-0.25, -0.2) is 4.79 Å². The molecule has 0 aromatic carbocycles. The van der Waals surface area contributed by atoms with Gasteiger partial charge in [-0.1, -0.05) is 0 Å². The van der Waals surface area contributed by atoms with Crippen LogP contribution < -0.4 is 0 Å². The molecule has 0 bridgehead atoms. The van der Waals surface area contributed by atoms with Gasteiger partial charge in [0, 0.05) is 13.0 Å². The van der Waals surface area contributed by atoms with Gasteiger partial charge in [0.2, 0.25) is 5.89 Å². The number of carbonyl (C=O) groups is 1. The highest BCUT2D eigenvalue weighted by atomic mass is 16.5. The minimum Gasteiger partial charge on any atom is -0.474 e. The number of carboxylic acids is 1. The van der Waals surface area contributed by atoms with E-state index in [0.717, 1.165) is 25.9 Å². The molecule has 0 aliphatic carbocycles. The Morgan fingerprint density at radius 2 is 2.40 bits per heavy atom.